The van der Waals surface area contributed by atoms with Crippen LogP contribution in [0.1, 0.15) is 49.4 Å². The van der Waals surface area contributed by atoms with Crippen LogP contribution in [0.15, 0.2) is 29.3 Å². The van der Waals surface area contributed by atoms with Crippen molar-refractivity contribution in [3.8, 4) is 0 Å². The number of nitrogens with zero attached hydrogens (tertiary/aromatic N) is 2. The van der Waals surface area contributed by atoms with Crippen molar-refractivity contribution in [1.29, 1.82) is 0 Å². The van der Waals surface area contributed by atoms with Crippen LogP contribution in [0.2, 0.25) is 0 Å². The van der Waals surface area contributed by atoms with E-state index in [1.807, 2.05) is 36.1 Å². The highest BCUT2D eigenvalue weighted by Gasteiger charge is 2.26. The first-order valence-corrected chi connectivity index (χ1v) is 8.14. The van der Waals surface area contributed by atoms with E-state index >= 15 is 0 Å². The number of hydrogen-bond acceptors (Lipinski definition) is 3. The van der Waals surface area contributed by atoms with Gasteiger partial charge in [0.15, 0.2) is 0 Å². The zero-order valence-corrected chi connectivity index (χ0v) is 13.0. The molecule has 0 spiro atoms. The second-order valence-electron chi connectivity index (χ2n) is 6.19. The summed E-state index contributed by atoms with van der Waals surface area (Å²) in [6, 6.07) is 7.44. The quantitative estimate of drug-likeness (QED) is 0.840. The molecule has 1 saturated carbocycles. The van der Waals surface area contributed by atoms with E-state index in [9.17, 15) is 9.59 Å². The molecule has 1 amide bonds. The molecule has 1 unspecified atom stereocenters. The highest BCUT2D eigenvalue weighted by Crippen LogP contribution is 2.23. The number of carbonyl (C=O) groups is 2. The summed E-state index contributed by atoms with van der Waals surface area (Å²) in [5.41, 5.74) is 2.51. The topological polar surface area (TPSA) is 49.7 Å². The van der Waals surface area contributed by atoms with Crippen LogP contribution in [-0.2, 0) is 4.79 Å². The normalized spacial score (nSPS) is 24.0. The molecule has 0 N–H and O–H groups in total. The lowest BCUT2D eigenvalue weighted by Gasteiger charge is -2.26. The Labute approximate surface area is 131 Å². The molecule has 0 radical (unpaired) electrons. The van der Waals surface area contributed by atoms with E-state index < -0.39 is 0 Å². The van der Waals surface area contributed by atoms with Crippen LogP contribution >= 0.6 is 0 Å². The molecule has 116 valence electrons. The van der Waals surface area contributed by atoms with Crippen LogP contribution in [0, 0.1) is 5.92 Å². The second-order valence-corrected chi connectivity index (χ2v) is 6.19. The van der Waals surface area contributed by atoms with Crippen molar-refractivity contribution in [1.82, 2.24) is 4.90 Å². The molecule has 2 fully saturated rings. The van der Waals surface area contributed by atoms with E-state index in [4.69, 9.17) is 0 Å². The Kier molecular flexibility index (Phi) is 4.36. The first-order chi connectivity index (χ1) is 10.6. The van der Waals surface area contributed by atoms with Crippen molar-refractivity contribution in [2.75, 3.05) is 13.1 Å². The molecular weight excluding hydrogens is 276 g/mol. The second kappa shape index (κ2) is 6.42. The van der Waals surface area contributed by atoms with Crippen LogP contribution < -0.4 is 0 Å². The van der Waals surface area contributed by atoms with E-state index in [1.54, 1.807) is 0 Å². The fraction of sp³-hybridized carbons (Fsp3) is 0.500. The van der Waals surface area contributed by atoms with Gasteiger partial charge < -0.3 is 4.90 Å². The molecule has 4 heteroatoms. The molecule has 0 aromatic heterocycles. The number of Topliss-reactive ketones (excluding diaryl/α,β-unsaturated/α-hetero) is 1. The van der Waals surface area contributed by atoms with Gasteiger partial charge in [0.25, 0.3) is 5.91 Å². The highest BCUT2D eigenvalue weighted by atomic mass is 16.2. The van der Waals surface area contributed by atoms with Gasteiger partial charge >= 0.3 is 0 Å². The van der Waals surface area contributed by atoms with Gasteiger partial charge in [0.1, 0.15) is 5.78 Å². The van der Waals surface area contributed by atoms with Crippen molar-refractivity contribution in [3.63, 3.8) is 0 Å². The molecule has 1 heterocycles. The van der Waals surface area contributed by atoms with Crippen LogP contribution in [0.4, 0.5) is 5.69 Å². The summed E-state index contributed by atoms with van der Waals surface area (Å²) in [6.45, 7) is 3.65. The number of rotatable bonds is 2. The number of likely N-dealkylation sites (tertiary alicyclic amines) is 1. The minimum absolute atomic E-state index is 0.0605. The van der Waals surface area contributed by atoms with Gasteiger partial charge in [-0.3, -0.25) is 14.6 Å². The molecule has 3 rings (SSSR count). The minimum Gasteiger partial charge on any atom is -0.339 e. The van der Waals surface area contributed by atoms with E-state index in [0.29, 0.717) is 6.42 Å². The Balaban J connectivity index is 1.71. The Hall–Kier alpha value is -1.97. The Bertz CT molecular complexity index is 598. The molecule has 2 aliphatic rings. The summed E-state index contributed by atoms with van der Waals surface area (Å²) in [6.07, 6.45) is 4.78. The lowest BCUT2D eigenvalue weighted by Crippen LogP contribution is -2.35. The van der Waals surface area contributed by atoms with Gasteiger partial charge in [-0.05, 0) is 49.9 Å². The van der Waals surface area contributed by atoms with E-state index in [1.165, 1.54) is 6.42 Å². The van der Waals surface area contributed by atoms with Crippen LogP contribution in [0.5, 0.6) is 0 Å². The maximum Gasteiger partial charge on any atom is 0.253 e. The monoisotopic (exact) mass is 298 g/mol. The predicted molar refractivity (Wildman–Crippen MR) is 86.7 cm³/mol. The Morgan fingerprint density at radius 2 is 1.77 bits per heavy atom. The lowest BCUT2D eigenvalue weighted by molar-refractivity contribution is -0.119. The van der Waals surface area contributed by atoms with Crippen molar-refractivity contribution in [3.05, 3.63) is 29.8 Å². The van der Waals surface area contributed by atoms with Gasteiger partial charge in [-0.2, -0.15) is 0 Å². The van der Waals surface area contributed by atoms with Crippen molar-refractivity contribution in [2.45, 2.75) is 39.0 Å². The zero-order valence-electron chi connectivity index (χ0n) is 13.0. The zero-order chi connectivity index (χ0) is 15.5. The van der Waals surface area contributed by atoms with Crippen molar-refractivity contribution < 1.29 is 9.59 Å². The number of piperidine rings is 1. The largest absolute Gasteiger partial charge is 0.339 e. The summed E-state index contributed by atoms with van der Waals surface area (Å²) in [5, 5.41) is 0. The van der Waals surface area contributed by atoms with Crippen LogP contribution in [0.25, 0.3) is 0 Å². The standard InChI is InChI=1S/C18H22N2O2/c1-13-16(9-10-17(13)21)19-15-7-5-14(6-8-15)18(22)20-11-3-2-4-12-20/h5-8,13H,2-4,9-12H2,1H3. The van der Waals surface area contributed by atoms with Crippen LogP contribution in [-0.4, -0.2) is 35.4 Å². The summed E-state index contributed by atoms with van der Waals surface area (Å²) in [4.78, 5) is 30.5. The molecule has 1 atom stereocenters. The highest BCUT2D eigenvalue weighted by molar-refractivity contribution is 6.11. The molecule has 1 aliphatic carbocycles. The average Bonchev–Trinajstić information content (AvgIpc) is 2.88. The first-order valence-electron chi connectivity index (χ1n) is 8.14. The SMILES string of the molecule is CC1C(=O)CCC1=Nc1ccc(C(=O)N2CCCCC2)cc1. The number of carbonyl (C=O) groups excluding carboxylic acids is 2. The summed E-state index contributed by atoms with van der Waals surface area (Å²) in [5.74, 6) is 0.327. The number of hydrogen-bond donors (Lipinski definition) is 0. The third-order valence-electron chi connectivity index (χ3n) is 4.64. The lowest BCUT2D eigenvalue weighted by atomic mass is 10.1. The maximum atomic E-state index is 12.4. The van der Waals surface area contributed by atoms with Gasteiger partial charge in [-0.1, -0.05) is 6.92 Å². The Morgan fingerprint density at radius 3 is 2.36 bits per heavy atom. The van der Waals surface area contributed by atoms with Gasteiger partial charge in [0.05, 0.1) is 11.6 Å². The molecular formula is C18H22N2O2. The molecule has 22 heavy (non-hydrogen) atoms. The molecule has 1 aromatic carbocycles. The van der Waals surface area contributed by atoms with Gasteiger partial charge in [-0.25, -0.2) is 0 Å². The van der Waals surface area contributed by atoms with E-state index in [-0.39, 0.29) is 17.6 Å². The summed E-state index contributed by atoms with van der Waals surface area (Å²) < 4.78 is 0. The maximum absolute atomic E-state index is 12.4. The first kappa shape index (κ1) is 14.9. The Morgan fingerprint density at radius 1 is 1.09 bits per heavy atom. The average molecular weight is 298 g/mol. The summed E-state index contributed by atoms with van der Waals surface area (Å²) >= 11 is 0. The van der Waals surface area contributed by atoms with Gasteiger partial charge in [0.2, 0.25) is 0 Å². The number of aliphatic imine (C=N–C) groups is 1. The van der Waals surface area contributed by atoms with Crippen molar-refractivity contribution in [2.24, 2.45) is 10.9 Å². The van der Waals surface area contributed by atoms with E-state index in [0.717, 1.165) is 49.3 Å². The molecule has 1 saturated heterocycles. The smallest absolute Gasteiger partial charge is 0.253 e. The predicted octanol–water partition coefficient (Wildman–Crippen LogP) is 3.38. The molecule has 1 aromatic rings. The number of benzene rings is 1. The van der Waals surface area contributed by atoms with Gasteiger partial charge in [-0.15, -0.1) is 0 Å². The van der Waals surface area contributed by atoms with E-state index in [2.05, 4.69) is 4.99 Å². The molecule has 0 bridgehead atoms. The van der Waals surface area contributed by atoms with Gasteiger partial charge in [0, 0.05) is 30.8 Å². The fourth-order valence-corrected chi connectivity index (χ4v) is 3.15. The number of ketones is 1. The van der Waals surface area contributed by atoms with Crippen LogP contribution in [0.3, 0.4) is 0 Å². The molecule has 4 nitrogen and oxygen atoms in total. The number of amides is 1. The third-order valence-corrected chi connectivity index (χ3v) is 4.64. The minimum atomic E-state index is -0.0605. The molecule has 1 aliphatic heterocycles. The third kappa shape index (κ3) is 3.11. The van der Waals surface area contributed by atoms with Crippen molar-refractivity contribution >= 4 is 23.1 Å². The fourth-order valence-electron chi connectivity index (χ4n) is 3.15. The summed E-state index contributed by atoms with van der Waals surface area (Å²) in [7, 11) is 0.